The molecule has 2 atom stereocenters. The summed E-state index contributed by atoms with van der Waals surface area (Å²) in [4.78, 5) is 47.8. The number of hydrogen-bond acceptors (Lipinski definition) is 11. The number of rotatable bonds is 9. The molecule has 2 aliphatic heterocycles. The number of thiazole rings is 1. The molecule has 2 amide bonds. The summed E-state index contributed by atoms with van der Waals surface area (Å²) in [6, 6.07) is 0.567. The molecule has 0 saturated carbocycles. The van der Waals surface area contributed by atoms with E-state index in [1.165, 1.54) is 35.0 Å². The van der Waals surface area contributed by atoms with Crippen LogP contribution in [-0.4, -0.2) is 83.8 Å². The summed E-state index contributed by atoms with van der Waals surface area (Å²) in [5.41, 5.74) is 6.14. The Balaban J connectivity index is 1.55. The summed E-state index contributed by atoms with van der Waals surface area (Å²) in [5.74, 6) is -2.26. The highest BCUT2D eigenvalue weighted by atomic mass is 32.2. The number of carboxylic acid groups (broad SMARTS) is 1. The fourth-order valence-corrected chi connectivity index (χ4v) is 5.73. The molecule has 6 N–H and O–H groups in total. The number of nitrogens with one attached hydrogen (secondary N) is 2. The third kappa shape index (κ3) is 4.54. The van der Waals surface area contributed by atoms with Crippen LogP contribution in [-0.2, 0) is 32.3 Å². The normalized spacial score (nSPS) is 19.9. The number of aliphatic hydroxyl groups excluding tert-OH is 1. The minimum Gasteiger partial charge on any atom is -0.477 e. The summed E-state index contributed by atoms with van der Waals surface area (Å²) >= 11 is 2.43. The molecule has 4 rings (SSSR count). The number of nitrogen functional groups attached to an aromatic ring is 1. The Bertz CT molecular complexity index is 1290. The second kappa shape index (κ2) is 9.93. The monoisotopic (exact) mass is 522 g/mol. The van der Waals surface area contributed by atoms with E-state index in [4.69, 9.17) is 16.0 Å². The molecule has 2 aromatic rings. The van der Waals surface area contributed by atoms with E-state index in [-0.39, 0.29) is 53.2 Å². The molecular formula is C19H22N8O6S2. The van der Waals surface area contributed by atoms with Gasteiger partial charge in [-0.1, -0.05) is 5.16 Å². The largest absolute Gasteiger partial charge is 0.477 e. The van der Waals surface area contributed by atoms with E-state index in [1.807, 2.05) is 0 Å². The molecule has 1 fully saturated rings. The van der Waals surface area contributed by atoms with Gasteiger partial charge in [-0.05, 0) is 11.6 Å². The van der Waals surface area contributed by atoms with Crippen molar-refractivity contribution in [2.75, 3.05) is 25.2 Å². The van der Waals surface area contributed by atoms with E-state index >= 15 is 0 Å². The first-order valence-corrected chi connectivity index (χ1v) is 12.1. The van der Waals surface area contributed by atoms with E-state index in [0.29, 0.717) is 5.57 Å². The standard InChI is InChI=1S/C19H22N8O6S2/c1-33-24-12(10-8-35-19(21)22-10)15(29)23-13-16(30)27-14(18(31)32)9(7-34-17(13)27)6-25-3-2-11(20)26(25)4-5-28/h2-3,8,13,17,20,28H,4-7H2,1H3,(H2,21,22)(H,23,29)(H,31,32)/b20-11?,24-12+/t13?,17-/m1/s1. The maximum Gasteiger partial charge on any atom is 0.352 e. The van der Waals surface area contributed by atoms with Crippen molar-refractivity contribution in [3.8, 4) is 0 Å². The zero-order chi connectivity index (χ0) is 25.3. The van der Waals surface area contributed by atoms with Gasteiger partial charge >= 0.3 is 5.97 Å². The molecule has 0 radical (unpaired) electrons. The average Bonchev–Trinajstić information content (AvgIpc) is 3.41. The Morgan fingerprint density at radius 3 is 2.86 bits per heavy atom. The van der Waals surface area contributed by atoms with Crippen molar-refractivity contribution >= 4 is 51.7 Å². The maximum absolute atomic E-state index is 13.0. The Kier molecular flexibility index (Phi) is 6.95. The molecule has 1 unspecified atom stereocenters. The molecule has 14 nitrogen and oxygen atoms in total. The summed E-state index contributed by atoms with van der Waals surface area (Å²) < 4.78 is 3.13. The van der Waals surface area contributed by atoms with E-state index < -0.39 is 29.2 Å². The summed E-state index contributed by atoms with van der Waals surface area (Å²) in [5, 5.41) is 34.5. The van der Waals surface area contributed by atoms with Gasteiger partial charge in [-0.2, -0.15) is 0 Å². The van der Waals surface area contributed by atoms with Crippen LogP contribution in [0.2, 0.25) is 0 Å². The molecule has 1 saturated heterocycles. The van der Waals surface area contributed by atoms with Crippen molar-refractivity contribution in [1.29, 1.82) is 5.41 Å². The van der Waals surface area contributed by atoms with E-state index in [9.17, 15) is 24.6 Å². The minimum atomic E-state index is -1.27. The number of fused-ring (bicyclic) bond motifs is 1. The Hall–Kier alpha value is -3.63. The number of carbonyl (C=O) groups is 3. The van der Waals surface area contributed by atoms with Gasteiger partial charge in [0.05, 0.1) is 19.7 Å². The number of amides is 2. The number of β-lactam (4-membered cyclic amide) rings is 1. The quantitative estimate of drug-likeness (QED) is 0.149. The van der Waals surface area contributed by atoms with Crippen LogP contribution in [0.25, 0.3) is 0 Å². The molecule has 0 aromatic carbocycles. The van der Waals surface area contributed by atoms with Crippen LogP contribution in [0.4, 0.5) is 5.13 Å². The molecule has 0 aliphatic carbocycles. The fourth-order valence-electron chi connectivity index (χ4n) is 3.85. The molecule has 2 aromatic heterocycles. The van der Waals surface area contributed by atoms with Crippen molar-refractivity contribution in [2.24, 2.45) is 5.16 Å². The second-order valence-corrected chi connectivity index (χ2v) is 9.45. The van der Waals surface area contributed by atoms with Crippen LogP contribution in [0.15, 0.2) is 34.1 Å². The predicted octanol–water partition coefficient (Wildman–Crippen LogP) is -1.41. The Labute approximate surface area is 206 Å². The van der Waals surface area contributed by atoms with Gasteiger partial charge in [0.1, 0.15) is 35.4 Å². The van der Waals surface area contributed by atoms with Gasteiger partial charge in [-0.3, -0.25) is 29.3 Å². The van der Waals surface area contributed by atoms with Gasteiger partial charge in [0, 0.05) is 17.3 Å². The smallest absolute Gasteiger partial charge is 0.352 e. The van der Waals surface area contributed by atoms with E-state index in [1.54, 1.807) is 10.9 Å². The highest BCUT2D eigenvalue weighted by molar-refractivity contribution is 8.00. The zero-order valence-corrected chi connectivity index (χ0v) is 20.0. The van der Waals surface area contributed by atoms with Gasteiger partial charge in [0.2, 0.25) is 0 Å². The van der Waals surface area contributed by atoms with Crippen molar-refractivity contribution in [3.05, 3.63) is 40.1 Å². The molecule has 2 aliphatic rings. The second-order valence-electron chi connectivity index (χ2n) is 7.46. The van der Waals surface area contributed by atoms with Crippen LogP contribution >= 0.6 is 23.1 Å². The van der Waals surface area contributed by atoms with Crippen molar-refractivity contribution in [2.45, 2.75) is 24.5 Å². The van der Waals surface area contributed by atoms with Gasteiger partial charge in [0.25, 0.3) is 11.8 Å². The number of nitrogens with two attached hydrogens (primary N) is 1. The number of oxime groups is 1. The number of carboxylic acids is 1. The highest BCUT2D eigenvalue weighted by Crippen LogP contribution is 2.40. The first-order chi connectivity index (χ1) is 16.8. The zero-order valence-electron chi connectivity index (χ0n) is 18.4. The Morgan fingerprint density at radius 1 is 1.46 bits per heavy atom. The number of thioether (sulfide) groups is 1. The molecule has 35 heavy (non-hydrogen) atoms. The third-order valence-corrected chi connectivity index (χ3v) is 7.37. The van der Waals surface area contributed by atoms with Crippen molar-refractivity contribution in [3.63, 3.8) is 0 Å². The molecule has 0 spiro atoms. The van der Waals surface area contributed by atoms with Crippen LogP contribution < -0.4 is 16.5 Å². The topological polar surface area (TPSA) is 201 Å². The number of carbonyl (C=O) groups excluding carboxylic acids is 2. The first-order valence-electron chi connectivity index (χ1n) is 10.2. The van der Waals surface area contributed by atoms with Crippen LogP contribution in [0, 0.1) is 5.41 Å². The average molecular weight is 523 g/mol. The number of nitrogens with zero attached hydrogens (tertiary/aromatic N) is 5. The lowest BCUT2D eigenvalue weighted by molar-refractivity contribution is -0.150. The van der Waals surface area contributed by atoms with Crippen LogP contribution in [0.3, 0.4) is 0 Å². The van der Waals surface area contributed by atoms with Gasteiger partial charge in [-0.15, -0.1) is 23.1 Å². The lowest BCUT2D eigenvalue weighted by Gasteiger charge is -2.49. The van der Waals surface area contributed by atoms with Gasteiger partial charge in [-0.25, -0.2) is 9.78 Å². The number of anilines is 1. The number of aromatic nitrogens is 3. The van der Waals surface area contributed by atoms with Gasteiger partial charge < -0.3 is 26.1 Å². The van der Waals surface area contributed by atoms with Crippen molar-refractivity contribution < 1.29 is 29.4 Å². The molecule has 4 heterocycles. The van der Waals surface area contributed by atoms with Gasteiger partial charge in [0.15, 0.2) is 10.8 Å². The summed E-state index contributed by atoms with van der Waals surface area (Å²) in [6.45, 7) is 0.108. The van der Waals surface area contributed by atoms with E-state index in [2.05, 4.69) is 15.5 Å². The van der Waals surface area contributed by atoms with E-state index in [0.717, 1.165) is 16.2 Å². The van der Waals surface area contributed by atoms with Crippen LogP contribution in [0.5, 0.6) is 0 Å². The first kappa shape index (κ1) is 24.5. The summed E-state index contributed by atoms with van der Waals surface area (Å²) in [7, 11) is 1.26. The maximum atomic E-state index is 13.0. The third-order valence-electron chi connectivity index (χ3n) is 5.36. The molecule has 0 bridgehead atoms. The SMILES string of the molecule is CO/N=C(/C(=O)NC1C(=O)N2C(C(=O)O)=C(Cn3ccc(=N)n3CCO)CS[C@H]12)c1csc(N)n1. The lowest BCUT2D eigenvalue weighted by Crippen LogP contribution is -2.71. The van der Waals surface area contributed by atoms with Crippen LogP contribution in [0.1, 0.15) is 5.69 Å². The summed E-state index contributed by atoms with van der Waals surface area (Å²) in [6.07, 6.45) is 1.62. The Morgan fingerprint density at radius 2 is 2.23 bits per heavy atom. The number of aliphatic hydroxyl groups is 1. The van der Waals surface area contributed by atoms with Crippen molar-refractivity contribution in [1.82, 2.24) is 24.6 Å². The highest BCUT2D eigenvalue weighted by Gasteiger charge is 2.54. The molecule has 186 valence electrons. The number of aliphatic carboxylic acids is 1. The lowest BCUT2D eigenvalue weighted by atomic mass is 10.0. The predicted molar refractivity (Wildman–Crippen MR) is 125 cm³/mol. The number of hydrogen-bond donors (Lipinski definition) is 5. The molecule has 16 heteroatoms. The minimum absolute atomic E-state index is 0.122. The fraction of sp³-hybridized carbons (Fsp3) is 0.368. The molecular weight excluding hydrogens is 500 g/mol.